The van der Waals surface area contributed by atoms with Gasteiger partial charge in [0.1, 0.15) is 0 Å². The lowest BCUT2D eigenvalue weighted by Crippen LogP contribution is -2.25. The summed E-state index contributed by atoms with van der Waals surface area (Å²) in [6.07, 6.45) is 7.05. The molecule has 14 heavy (non-hydrogen) atoms. The number of rotatable bonds is 4. The summed E-state index contributed by atoms with van der Waals surface area (Å²) in [6, 6.07) is 0. The summed E-state index contributed by atoms with van der Waals surface area (Å²) in [5, 5.41) is 3.35. The van der Waals surface area contributed by atoms with Crippen LogP contribution in [0.4, 0.5) is 0 Å². The molecule has 78 valence electrons. The van der Waals surface area contributed by atoms with Crippen LogP contribution in [-0.2, 0) is 19.5 Å². The van der Waals surface area contributed by atoms with Gasteiger partial charge in [0.2, 0.25) is 0 Å². The zero-order valence-corrected chi connectivity index (χ0v) is 8.92. The van der Waals surface area contributed by atoms with Crippen molar-refractivity contribution in [3.8, 4) is 0 Å². The molecule has 0 radical (unpaired) electrons. The molecule has 0 spiro atoms. The molecule has 0 aromatic carbocycles. The maximum Gasteiger partial charge on any atom is 0.0952 e. The third-order valence-electron chi connectivity index (χ3n) is 2.87. The van der Waals surface area contributed by atoms with Gasteiger partial charge in [-0.3, -0.25) is 0 Å². The Labute approximate surface area is 85.5 Å². The Morgan fingerprint density at radius 1 is 1.50 bits per heavy atom. The van der Waals surface area contributed by atoms with E-state index >= 15 is 0 Å². The first-order valence-electron chi connectivity index (χ1n) is 5.65. The zero-order valence-electron chi connectivity index (χ0n) is 8.92. The Bertz CT molecular complexity index is 291. The molecule has 0 saturated heterocycles. The molecule has 0 unspecified atom stereocenters. The van der Waals surface area contributed by atoms with Crippen molar-refractivity contribution in [2.24, 2.45) is 0 Å². The van der Waals surface area contributed by atoms with Gasteiger partial charge in [0.05, 0.1) is 12.0 Å². The summed E-state index contributed by atoms with van der Waals surface area (Å²) in [7, 11) is 0. The topological polar surface area (TPSA) is 29.9 Å². The van der Waals surface area contributed by atoms with Crippen LogP contribution in [0.5, 0.6) is 0 Å². The highest BCUT2D eigenvalue weighted by Gasteiger charge is 2.13. The first-order valence-corrected chi connectivity index (χ1v) is 5.65. The first kappa shape index (κ1) is 9.71. The molecule has 0 saturated carbocycles. The number of aromatic nitrogens is 2. The lowest BCUT2D eigenvalue weighted by molar-refractivity contribution is 0.555. The van der Waals surface area contributed by atoms with E-state index in [1.807, 2.05) is 6.33 Å². The van der Waals surface area contributed by atoms with E-state index in [-0.39, 0.29) is 0 Å². The first-order chi connectivity index (χ1) is 6.92. The van der Waals surface area contributed by atoms with Gasteiger partial charge in [0.15, 0.2) is 0 Å². The van der Waals surface area contributed by atoms with Crippen molar-refractivity contribution in [3.63, 3.8) is 0 Å². The number of hydrogen-bond donors (Lipinski definition) is 1. The SMILES string of the molecule is CCCCCn1cnc2c1CCNC2. The van der Waals surface area contributed by atoms with Crippen LogP contribution in [0.2, 0.25) is 0 Å². The zero-order chi connectivity index (χ0) is 9.80. The third kappa shape index (κ3) is 1.98. The minimum atomic E-state index is 0.954. The van der Waals surface area contributed by atoms with Crippen LogP contribution >= 0.6 is 0 Å². The van der Waals surface area contributed by atoms with Crippen LogP contribution in [0.1, 0.15) is 37.6 Å². The minimum Gasteiger partial charge on any atom is -0.334 e. The van der Waals surface area contributed by atoms with E-state index in [1.165, 1.54) is 30.7 Å². The Kier molecular flexibility index (Phi) is 3.19. The lowest BCUT2D eigenvalue weighted by Gasteiger charge is -2.14. The monoisotopic (exact) mass is 193 g/mol. The van der Waals surface area contributed by atoms with Gasteiger partial charge in [-0.25, -0.2) is 4.98 Å². The molecular weight excluding hydrogens is 174 g/mol. The van der Waals surface area contributed by atoms with Crippen molar-refractivity contribution in [1.29, 1.82) is 0 Å². The summed E-state index contributed by atoms with van der Waals surface area (Å²) in [5.41, 5.74) is 2.72. The average molecular weight is 193 g/mol. The van der Waals surface area contributed by atoms with Crippen molar-refractivity contribution in [2.75, 3.05) is 6.54 Å². The smallest absolute Gasteiger partial charge is 0.0952 e. The van der Waals surface area contributed by atoms with Crippen LogP contribution in [0.25, 0.3) is 0 Å². The second-order valence-corrected chi connectivity index (χ2v) is 3.97. The fraction of sp³-hybridized carbons (Fsp3) is 0.727. The molecule has 3 heteroatoms. The third-order valence-corrected chi connectivity index (χ3v) is 2.87. The van der Waals surface area contributed by atoms with Gasteiger partial charge in [0.25, 0.3) is 0 Å². The molecule has 0 fully saturated rings. The highest BCUT2D eigenvalue weighted by atomic mass is 15.1. The van der Waals surface area contributed by atoms with Crippen molar-refractivity contribution in [1.82, 2.24) is 14.9 Å². The van der Waals surface area contributed by atoms with E-state index in [0.717, 1.165) is 26.1 Å². The van der Waals surface area contributed by atoms with Crippen molar-refractivity contribution in [2.45, 2.75) is 45.7 Å². The molecule has 1 aromatic heterocycles. The maximum absolute atomic E-state index is 4.44. The Morgan fingerprint density at radius 3 is 3.29 bits per heavy atom. The normalized spacial score (nSPS) is 15.5. The largest absolute Gasteiger partial charge is 0.334 e. The van der Waals surface area contributed by atoms with Crippen LogP contribution in [0.15, 0.2) is 6.33 Å². The highest BCUT2D eigenvalue weighted by molar-refractivity contribution is 5.16. The number of nitrogens with zero attached hydrogens (tertiary/aromatic N) is 2. The predicted octanol–water partition coefficient (Wildman–Crippen LogP) is 1.72. The predicted molar refractivity (Wildman–Crippen MR) is 57.2 cm³/mol. The maximum atomic E-state index is 4.44. The molecule has 1 aliphatic heterocycles. The summed E-state index contributed by atoms with van der Waals surface area (Å²) in [4.78, 5) is 4.44. The molecule has 2 heterocycles. The second-order valence-electron chi connectivity index (χ2n) is 3.97. The van der Waals surface area contributed by atoms with E-state index in [4.69, 9.17) is 0 Å². The van der Waals surface area contributed by atoms with E-state index in [2.05, 4.69) is 21.8 Å². The van der Waals surface area contributed by atoms with Crippen molar-refractivity contribution >= 4 is 0 Å². The van der Waals surface area contributed by atoms with Crippen LogP contribution in [0, 0.1) is 0 Å². The van der Waals surface area contributed by atoms with E-state index < -0.39 is 0 Å². The molecule has 0 bridgehead atoms. The number of aryl methyl sites for hydroxylation is 1. The minimum absolute atomic E-state index is 0.954. The number of hydrogen-bond acceptors (Lipinski definition) is 2. The van der Waals surface area contributed by atoms with Gasteiger partial charge in [-0.15, -0.1) is 0 Å². The fourth-order valence-corrected chi connectivity index (χ4v) is 2.02. The summed E-state index contributed by atoms with van der Waals surface area (Å²) in [5.74, 6) is 0. The van der Waals surface area contributed by atoms with Gasteiger partial charge in [-0.1, -0.05) is 19.8 Å². The van der Waals surface area contributed by atoms with Gasteiger partial charge in [0, 0.05) is 31.7 Å². The van der Waals surface area contributed by atoms with Crippen molar-refractivity contribution in [3.05, 3.63) is 17.7 Å². The molecular formula is C11H19N3. The molecule has 3 nitrogen and oxygen atoms in total. The number of nitrogens with one attached hydrogen (secondary N) is 1. The van der Waals surface area contributed by atoms with Crippen molar-refractivity contribution < 1.29 is 0 Å². The Hall–Kier alpha value is -0.830. The van der Waals surface area contributed by atoms with Crippen LogP contribution in [0.3, 0.4) is 0 Å². The standard InChI is InChI=1S/C11H19N3/c1-2-3-4-7-14-9-13-10-8-12-6-5-11(10)14/h9,12H,2-8H2,1H3. The van der Waals surface area contributed by atoms with Crippen LogP contribution < -0.4 is 5.32 Å². The fourth-order valence-electron chi connectivity index (χ4n) is 2.02. The molecule has 0 amide bonds. The number of imidazole rings is 1. The Balaban J connectivity index is 1.99. The van der Waals surface area contributed by atoms with E-state index in [1.54, 1.807) is 0 Å². The quantitative estimate of drug-likeness (QED) is 0.738. The molecule has 1 N–H and O–H groups in total. The van der Waals surface area contributed by atoms with Gasteiger partial charge >= 0.3 is 0 Å². The van der Waals surface area contributed by atoms with E-state index in [9.17, 15) is 0 Å². The highest BCUT2D eigenvalue weighted by Crippen LogP contribution is 2.13. The van der Waals surface area contributed by atoms with E-state index in [0.29, 0.717) is 0 Å². The van der Waals surface area contributed by atoms with Crippen LogP contribution in [-0.4, -0.2) is 16.1 Å². The molecule has 0 atom stereocenters. The lowest BCUT2D eigenvalue weighted by atomic mass is 10.2. The number of unbranched alkanes of at least 4 members (excludes halogenated alkanes) is 2. The number of fused-ring (bicyclic) bond motifs is 1. The summed E-state index contributed by atoms with van der Waals surface area (Å²) < 4.78 is 2.34. The second kappa shape index (κ2) is 4.60. The summed E-state index contributed by atoms with van der Waals surface area (Å²) in [6.45, 7) is 5.45. The Morgan fingerprint density at radius 2 is 2.43 bits per heavy atom. The molecule has 1 aliphatic rings. The van der Waals surface area contributed by atoms with Gasteiger partial charge < -0.3 is 9.88 Å². The average Bonchev–Trinajstić information content (AvgIpc) is 2.63. The van der Waals surface area contributed by atoms with Gasteiger partial charge in [-0.2, -0.15) is 0 Å². The molecule has 0 aliphatic carbocycles. The molecule has 1 aromatic rings. The summed E-state index contributed by atoms with van der Waals surface area (Å²) >= 11 is 0. The van der Waals surface area contributed by atoms with Gasteiger partial charge in [-0.05, 0) is 6.42 Å². The molecule has 2 rings (SSSR count).